The van der Waals surface area contributed by atoms with Gasteiger partial charge in [-0.05, 0) is 75.5 Å². The summed E-state index contributed by atoms with van der Waals surface area (Å²) in [5, 5.41) is 3.09. The number of carbonyl (C=O) groups is 1. The lowest BCUT2D eigenvalue weighted by molar-refractivity contribution is 0.0940. The van der Waals surface area contributed by atoms with E-state index in [1.165, 1.54) is 44.5 Å². The molecule has 2 saturated heterocycles. The summed E-state index contributed by atoms with van der Waals surface area (Å²) in [6, 6.07) is 18.9. The van der Waals surface area contributed by atoms with Crippen molar-refractivity contribution < 1.29 is 4.79 Å². The van der Waals surface area contributed by atoms with Crippen LogP contribution in [0.1, 0.15) is 54.6 Å². The van der Waals surface area contributed by atoms with Gasteiger partial charge in [0.25, 0.3) is 5.91 Å². The van der Waals surface area contributed by atoms with Gasteiger partial charge in [0.05, 0.1) is 6.04 Å². The molecule has 28 heavy (non-hydrogen) atoms. The molecule has 2 aliphatic heterocycles. The van der Waals surface area contributed by atoms with E-state index in [0.29, 0.717) is 0 Å². The van der Waals surface area contributed by atoms with E-state index in [2.05, 4.69) is 27.2 Å². The molecule has 1 N–H and O–H groups in total. The van der Waals surface area contributed by atoms with Crippen molar-refractivity contribution in [2.24, 2.45) is 0 Å². The minimum atomic E-state index is -0.0179. The molecule has 4 nitrogen and oxygen atoms in total. The van der Waals surface area contributed by atoms with Crippen molar-refractivity contribution in [3.05, 3.63) is 65.7 Å². The van der Waals surface area contributed by atoms with Gasteiger partial charge in [-0.3, -0.25) is 4.79 Å². The Kier molecular flexibility index (Phi) is 5.96. The van der Waals surface area contributed by atoms with E-state index < -0.39 is 0 Å². The third-order valence-corrected chi connectivity index (χ3v) is 6.26. The topological polar surface area (TPSA) is 35.6 Å². The van der Waals surface area contributed by atoms with Gasteiger partial charge in [-0.25, -0.2) is 0 Å². The maximum atomic E-state index is 12.6. The number of carbonyl (C=O) groups excluding carboxylic acids is 1. The molecule has 0 radical (unpaired) electrons. The van der Waals surface area contributed by atoms with Crippen molar-refractivity contribution >= 4 is 11.6 Å². The molecular weight excluding hydrogens is 346 g/mol. The number of hydrogen-bond acceptors (Lipinski definition) is 3. The van der Waals surface area contributed by atoms with E-state index in [1.807, 2.05) is 49.4 Å². The number of likely N-dealkylation sites (tertiary alicyclic amines) is 1. The van der Waals surface area contributed by atoms with Crippen LogP contribution in [0.2, 0.25) is 0 Å². The van der Waals surface area contributed by atoms with Gasteiger partial charge in [0, 0.05) is 30.4 Å². The monoisotopic (exact) mass is 377 g/mol. The molecule has 148 valence electrons. The molecule has 4 rings (SSSR count). The lowest BCUT2D eigenvalue weighted by Crippen LogP contribution is -2.43. The summed E-state index contributed by atoms with van der Waals surface area (Å²) in [5.41, 5.74) is 3.07. The first-order valence-corrected chi connectivity index (χ1v) is 10.7. The summed E-state index contributed by atoms with van der Waals surface area (Å²) < 4.78 is 0. The van der Waals surface area contributed by atoms with E-state index in [1.54, 1.807) is 0 Å². The molecule has 2 aliphatic rings. The lowest BCUT2D eigenvalue weighted by Gasteiger charge is -2.37. The van der Waals surface area contributed by atoms with E-state index in [4.69, 9.17) is 0 Å². The van der Waals surface area contributed by atoms with Crippen LogP contribution >= 0.6 is 0 Å². The molecule has 2 aromatic carbocycles. The maximum Gasteiger partial charge on any atom is 0.251 e. The van der Waals surface area contributed by atoms with Crippen molar-refractivity contribution in [1.29, 1.82) is 0 Å². The average Bonchev–Trinajstić information content (AvgIpc) is 3.29. The van der Waals surface area contributed by atoms with Gasteiger partial charge in [-0.1, -0.05) is 30.3 Å². The third-order valence-electron chi connectivity index (χ3n) is 6.26. The number of benzene rings is 2. The molecule has 1 atom stereocenters. The molecule has 1 amide bonds. The molecule has 0 aliphatic carbocycles. The predicted octanol–water partition coefficient (Wildman–Crippen LogP) is 4.24. The minimum absolute atomic E-state index is 0.00186. The van der Waals surface area contributed by atoms with Crippen LogP contribution in [0.4, 0.5) is 5.69 Å². The van der Waals surface area contributed by atoms with Crippen LogP contribution in [0.25, 0.3) is 0 Å². The van der Waals surface area contributed by atoms with Crippen molar-refractivity contribution in [3.63, 3.8) is 0 Å². The fourth-order valence-corrected chi connectivity index (χ4v) is 4.52. The fraction of sp³-hybridized carbons (Fsp3) is 0.458. The third kappa shape index (κ3) is 4.39. The van der Waals surface area contributed by atoms with E-state index in [-0.39, 0.29) is 11.9 Å². The molecule has 0 aromatic heterocycles. The Bertz CT molecular complexity index is 760. The number of piperidine rings is 1. The Hall–Kier alpha value is -2.33. The molecular formula is C24H31N3O. The molecule has 0 spiro atoms. The summed E-state index contributed by atoms with van der Waals surface area (Å²) in [4.78, 5) is 17.7. The Balaban J connectivity index is 1.32. The molecule has 2 aromatic rings. The zero-order valence-electron chi connectivity index (χ0n) is 16.8. The summed E-state index contributed by atoms with van der Waals surface area (Å²) in [6.45, 7) is 6.81. The zero-order valence-corrected chi connectivity index (χ0v) is 16.8. The Morgan fingerprint density at radius 1 is 0.929 bits per heavy atom. The summed E-state index contributed by atoms with van der Waals surface area (Å²) in [7, 11) is 0. The summed E-state index contributed by atoms with van der Waals surface area (Å²) in [6.07, 6.45) is 5.23. The van der Waals surface area contributed by atoms with Crippen LogP contribution in [0.5, 0.6) is 0 Å². The van der Waals surface area contributed by atoms with Crippen LogP contribution in [0.3, 0.4) is 0 Å². The molecule has 2 fully saturated rings. The van der Waals surface area contributed by atoms with Crippen LogP contribution in [0, 0.1) is 0 Å². The highest BCUT2D eigenvalue weighted by atomic mass is 16.1. The largest absolute Gasteiger partial charge is 0.371 e. The van der Waals surface area contributed by atoms with Gasteiger partial charge in [-0.15, -0.1) is 0 Å². The summed E-state index contributed by atoms with van der Waals surface area (Å²) >= 11 is 0. The first-order valence-electron chi connectivity index (χ1n) is 10.7. The SMILES string of the molecule is CC(NC(=O)c1ccc(N2CCC(N3CCCC3)CC2)cc1)c1ccccc1. The fourth-order valence-electron chi connectivity index (χ4n) is 4.52. The number of nitrogens with zero attached hydrogens (tertiary/aromatic N) is 2. The van der Waals surface area contributed by atoms with Crippen molar-refractivity contribution in [3.8, 4) is 0 Å². The van der Waals surface area contributed by atoms with Crippen LogP contribution < -0.4 is 10.2 Å². The van der Waals surface area contributed by atoms with Gasteiger partial charge in [0.15, 0.2) is 0 Å². The van der Waals surface area contributed by atoms with Gasteiger partial charge in [-0.2, -0.15) is 0 Å². The van der Waals surface area contributed by atoms with E-state index >= 15 is 0 Å². The highest BCUT2D eigenvalue weighted by Gasteiger charge is 2.26. The van der Waals surface area contributed by atoms with Gasteiger partial charge >= 0.3 is 0 Å². The van der Waals surface area contributed by atoms with Crippen molar-refractivity contribution in [2.45, 2.75) is 44.7 Å². The maximum absolute atomic E-state index is 12.6. The second-order valence-corrected chi connectivity index (χ2v) is 8.11. The van der Waals surface area contributed by atoms with Gasteiger partial charge in [0.2, 0.25) is 0 Å². The molecule has 0 bridgehead atoms. The van der Waals surface area contributed by atoms with Crippen molar-refractivity contribution in [1.82, 2.24) is 10.2 Å². The second kappa shape index (κ2) is 8.78. The lowest BCUT2D eigenvalue weighted by atomic mass is 10.0. The predicted molar refractivity (Wildman–Crippen MR) is 115 cm³/mol. The molecule has 0 saturated carbocycles. The van der Waals surface area contributed by atoms with Crippen LogP contribution in [0.15, 0.2) is 54.6 Å². The van der Waals surface area contributed by atoms with Gasteiger partial charge < -0.3 is 15.1 Å². The number of hydrogen-bond donors (Lipinski definition) is 1. The second-order valence-electron chi connectivity index (χ2n) is 8.11. The average molecular weight is 378 g/mol. The van der Waals surface area contributed by atoms with E-state index in [0.717, 1.165) is 30.3 Å². The van der Waals surface area contributed by atoms with Crippen LogP contribution in [-0.4, -0.2) is 43.0 Å². The minimum Gasteiger partial charge on any atom is -0.371 e. The van der Waals surface area contributed by atoms with Gasteiger partial charge in [0.1, 0.15) is 0 Å². The highest BCUT2D eigenvalue weighted by Crippen LogP contribution is 2.25. The normalized spacial score (nSPS) is 19.5. The van der Waals surface area contributed by atoms with Crippen molar-refractivity contribution in [2.75, 3.05) is 31.1 Å². The number of nitrogens with one attached hydrogen (secondary N) is 1. The first kappa shape index (κ1) is 19.0. The quantitative estimate of drug-likeness (QED) is 0.846. The number of amides is 1. The van der Waals surface area contributed by atoms with Crippen LogP contribution in [-0.2, 0) is 0 Å². The first-order chi connectivity index (χ1) is 13.7. The smallest absolute Gasteiger partial charge is 0.251 e. The number of rotatable bonds is 5. The van der Waals surface area contributed by atoms with E-state index in [9.17, 15) is 4.79 Å². The Morgan fingerprint density at radius 3 is 2.21 bits per heavy atom. The Labute approximate surface area is 168 Å². The standard InChI is InChI=1S/C24H31N3O/c1-19(20-7-3-2-4-8-20)25-24(28)21-9-11-22(12-10-21)27-17-13-23(14-18-27)26-15-5-6-16-26/h2-4,7-12,19,23H,5-6,13-18H2,1H3,(H,25,28). The molecule has 1 unspecified atom stereocenters. The molecule has 2 heterocycles. The summed E-state index contributed by atoms with van der Waals surface area (Å²) in [5.74, 6) is -0.0179. The Morgan fingerprint density at radius 2 is 1.57 bits per heavy atom. The highest BCUT2D eigenvalue weighted by molar-refractivity contribution is 5.94. The molecule has 4 heteroatoms. The number of anilines is 1. The zero-order chi connectivity index (χ0) is 19.3.